The van der Waals surface area contributed by atoms with E-state index in [-0.39, 0.29) is 6.10 Å². The Hall–Kier alpha value is -0.490. The standard InChI is InChI=1S/C11H13BrN2OS/c1-15-8(6-13)5-11-14-9-3-2-7(12)4-10(9)16-11/h2-4,8H,5-6,13H2,1H3. The number of hydrogen-bond donors (Lipinski definition) is 1. The molecule has 0 fully saturated rings. The molecule has 0 aliphatic heterocycles. The molecule has 0 spiro atoms. The molecule has 86 valence electrons. The normalized spacial score (nSPS) is 13.2. The molecule has 0 aliphatic carbocycles. The quantitative estimate of drug-likeness (QED) is 0.944. The smallest absolute Gasteiger partial charge is 0.0964 e. The highest BCUT2D eigenvalue weighted by Crippen LogP contribution is 2.26. The SMILES string of the molecule is COC(CN)Cc1nc2ccc(Br)cc2s1. The number of methoxy groups -OCH3 is 1. The zero-order valence-corrected chi connectivity index (χ0v) is 11.3. The van der Waals surface area contributed by atoms with E-state index in [0.29, 0.717) is 6.54 Å². The Kier molecular flexibility index (Phi) is 3.91. The molecule has 3 nitrogen and oxygen atoms in total. The Bertz CT molecular complexity index is 482. The molecule has 5 heteroatoms. The number of rotatable bonds is 4. The summed E-state index contributed by atoms with van der Waals surface area (Å²) >= 11 is 5.15. The fourth-order valence-electron chi connectivity index (χ4n) is 1.49. The van der Waals surface area contributed by atoms with Crippen molar-refractivity contribution in [2.75, 3.05) is 13.7 Å². The predicted octanol–water partition coefficient (Wildman–Crippen LogP) is 2.58. The lowest BCUT2D eigenvalue weighted by atomic mass is 10.2. The molecule has 0 bridgehead atoms. The Morgan fingerprint density at radius 3 is 3.06 bits per heavy atom. The summed E-state index contributed by atoms with van der Waals surface area (Å²) in [5.41, 5.74) is 6.63. The summed E-state index contributed by atoms with van der Waals surface area (Å²) in [5.74, 6) is 0. The van der Waals surface area contributed by atoms with Crippen LogP contribution in [0.15, 0.2) is 22.7 Å². The van der Waals surface area contributed by atoms with Gasteiger partial charge in [-0.3, -0.25) is 0 Å². The number of hydrogen-bond acceptors (Lipinski definition) is 4. The van der Waals surface area contributed by atoms with Crippen molar-refractivity contribution < 1.29 is 4.74 Å². The molecule has 1 aromatic carbocycles. The Balaban J connectivity index is 2.25. The number of fused-ring (bicyclic) bond motifs is 1. The molecule has 1 atom stereocenters. The van der Waals surface area contributed by atoms with Gasteiger partial charge in [0.1, 0.15) is 0 Å². The van der Waals surface area contributed by atoms with Gasteiger partial charge in [-0.05, 0) is 18.2 Å². The third-order valence-electron chi connectivity index (χ3n) is 2.39. The Labute approximate surface area is 107 Å². The van der Waals surface area contributed by atoms with Gasteiger partial charge in [-0.25, -0.2) is 4.98 Å². The van der Waals surface area contributed by atoms with Crippen LogP contribution in [0.4, 0.5) is 0 Å². The first-order valence-corrected chi connectivity index (χ1v) is 6.61. The number of nitrogens with two attached hydrogens (primary N) is 1. The third kappa shape index (κ3) is 2.60. The van der Waals surface area contributed by atoms with E-state index in [1.165, 1.54) is 4.70 Å². The molecule has 16 heavy (non-hydrogen) atoms. The van der Waals surface area contributed by atoms with Crippen LogP contribution in [0.5, 0.6) is 0 Å². The van der Waals surface area contributed by atoms with E-state index in [9.17, 15) is 0 Å². The van der Waals surface area contributed by atoms with Crippen LogP contribution >= 0.6 is 27.3 Å². The molecule has 1 heterocycles. The third-order valence-corrected chi connectivity index (χ3v) is 3.93. The molecule has 2 N–H and O–H groups in total. The van der Waals surface area contributed by atoms with Crippen molar-refractivity contribution in [3.63, 3.8) is 0 Å². The second kappa shape index (κ2) is 5.23. The van der Waals surface area contributed by atoms with Gasteiger partial charge in [0.05, 0.1) is 21.3 Å². The zero-order valence-electron chi connectivity index (χ0n) is 8.94. The number of nitrogens with zero attached hydrogens (tertiary/aromatic N) is 1. The number of aromatic nitrogens is 1. The lowest BCUT2D eigenvalue weighted by Gasteiger charge is -2.09. The molecule has 0 radical (unpaired) electrons. The molecule has 1 aromatic heterocycles. The van der Waals surface area contributed by atoms with Crippen LogP contribution in [0.2, 0.25) is 0 Å². The van der Waals surface area contributed by atoms with Crippen LogP contribution in [0.3, 0.4) is 0 Å². The topological polar surface area (TPSA) is 48.1 Å². The van der Waals surface area contributed by atoms with E-state index in [1.807, 2.05) is 12.1 Å². The van der Waals surface area contributed by atoms with Crippen molar-refractivity contribution in [1.29, 1.82) is 0 Å². The monoisotopic (exact) mass is 300 g/mol. The highest BCUT2D eigenvalue weighted by atomic mass is 79.9. The fraction of sp³-hybridized carbons (Fsp3) is 0.364. The van der Waals surface area contributed by atoms with Crippen molar-refractivity contribution in [2.24, 2.45) is 5.73 Å². The van der Waals surface area contributed by atoms with Gasteiger partial charge in [-0.15, -0.1) is 11.3 Å². The summed E-state index contributed by atoms with van der Waals surface area (Å²) in [5, 5.41) is 1.07. The number of halogens is 1. The van der Waals surface area contributed by atoms with Crippen molar-refractivity contribution >= 4 is 37.5 Å². The maximum atomic E-state index is 5.59. The van der Waals surface area contributed by atoms with Crippen LogP contribution in [-0.2, 0) is 11.2 Å². The second-order valence-electron chi connectivity index (χ2n) is 3.52. The van der Waals surface area contributed by atoms with Crippen molar-refractivity contribution in [2.45, 2.75) is 12.5 Å². The molecule has 0 aliphatic rings. The van der Waals surface area contributed by atoms with Crippen LogP contribution in [0.1, 0.15) is 5.01 Å². The zero-order chi connectivity index (χ0) is 11.5. The summed E-state index contributed by atoms with van der Waals surface area (Å²) < 4.78 is 7.53. The maximum absolute atomic E-state index is 5.59. The van der Waals surface area contributed by atoms with Gasteiger partial charge in [0.15, 0.2) is 0 Å². The maximum Gasteiger partial charge on any atom is 0.0964 e. The summed E-state index contributed by atoms with van der Waals surface area (Å²) in [6.45, 7) is 0.524. The average Bonchev–Trinajstić information content (AvgIpc) is 2.67. The molecule has 2 rings (SSSR count). The summed E-state index contributed by atoms with van der Waals surface area (Å²) in [4.78, 5) is 4.55. The first kappa shape index (κ1) is 12.0. The van der Waals surface area contributed by atoms with E-state index < -0.39 is 0 Å². The number of thiazole rings is 1. The lowest BCUT2D eigenvalue weighted by molar-refractivity contribution is 0.110. The lowest BCUT2D eigenvalue weighted by Crippen LogP contribution is -2.24. The van der Waals surface area contributed by atoms with Gasteiger partial charge < -0.3 is 10.5 Å². The predicted molar refractivity (Wildman–Crippen MR) is 70.9 cm³/mol. The molecular weight excluding hydrogens is 288 g/mol. The first-order valence-electron chi connectivity index (χ1n) is 5.00. The van der Waals surface area contributed by atoms with Gasteiger partial charge >= 0.3 is 0 Å². The van der Waals surface area contributed by atoms with Crippen LogP contribution in [0, 0.1) is 0 Å². The summed E-state index contributed by atoms with van der Waals surface area (Å²) in [6, 6.07) is 6.10. The van der Waals surface area contributed by atoms with Gasteiger partial charge in [-0.1, -0.05) is 15.9 Å². The van der Waals surface area contributed by atoms with E-state index in [1.54, 1.807) is 18.4 Å². The fourth-order valence-corrected chi connectivity index (χ4v) is 3.07. The number of benzene rings is 1. The van der Waals surface area contributed by atoms with Gasteiger partial charge in [0.2, 0.25) is 0 Å². The minimum atomic E-state index is 0.0593. The summed E-state index contributed by atoms with van der Waals surface area (Å²) in [7, 11) is 1.68. The van der Waals surface area contributed by atoms with Crippen LogP contribution in [0.25, 0.3) is 10.2 Å². The minimum Gasteiger partial charge on any atom is -0.380 e. The molecule has 1 unspecified atom stereocenters. The van der Waals surface area contributed by atoms with Gasteiger partial charge in [0.25, 0.3) is 0 Å². The highest BCUT2D eigenvalue weighted by Gasteiger charge is 2.10. The minimum absolute atomic E-state index is 0.0593. The highest BCUT2D eigenvalue weighted by molar-refractivity contribution is 9.10. The van der Waals surface area contributed by atoms with E-state index in [0.717, 1.165) is 21.4 Å². The largest absolute Gasteiger partial charge is 0.380 e. The summed E-state index contributed by atoms with van der Waals surface area (Å²) in [6.07, 6.45) is 0.841. The first-order chi connectivity index (χ1) is 7.72. The van der Waals surface area contributed by atoms with Crippen molar-refractivity contribution in [3.05, 3.63) is 27.7 Å². The average molecular weight is 301 g/mol. The van der Waals surface area contributed by atoms with E-state index in [2.05, 4.69) is 27.0 Å². The Morgan fingerprint density at radius 1 is 1.56 bits per heavy atom. The molecule has 2 aromatic rings. The van der Waals surface area contributed by atoms with E-state index >= 15 is 0 Å². The second-order valence-corrected chi connectivity index (χ2v) is 5.55. The van der Waals surface area contributed by atoms with Crippen LogP contribution < -0.4 is 5.73 Å². The van der Waals surface area contributed by atoms with E-state index in [4.69, 9.17) is 10.5 Å². The molecule has 0 saturated heterocycles. The number of ether oxygens (including phenoxy) is 1. The Morgan fingerprint density at radius 2 is 2.38 bits per heavy atom. The molecule has 0 saturated carbocycles. The van der Waals surface area contributed by atoms with Gasteiger partial charge in [0, 0.05) is 24.5 Å². The molecular formula is C11H13BrN2OS. The molecule has 0 amide bonds. The van der Waals surface area contributed by atoms with Crippen LogP contribution in [-0.4, -0.2) is 24.7 Å². The van der Waals surface area contributed by atoms with Gasteiger partial charge in [-0.2, -0.15) is 0 Å². The van der Waals surface area contributed by atoms with Crippen molar-refractivity contribution in [3.8, 4) is 0 Å². The van der Waals surface area contributed by atoms with Crippen molar-refractivity contribution in [1.82, 2.24) is 4.98 Å².